The smallest absolute Gasteiger partial charge is 0.257 e. The molecule has 0 aliphatic carbocycles. The number of hydrogen-bond acceptors (Lipinski definition) is 4. The number of aryl methyl sites for hydroxylation is 1. The van der Waals surface area contributed by atoms with Gasteiger partial charge < -0.3 is 19.4 Å². The molecule has 0 saturated heterocycles. The second-order valence-electron chi connectivity index (χ2n) is 8.68. The Balaban J connectivity index is 1.74. The maximum atomic E-state index is 14.6. The quantitative estimate of drug-likeness (QED) is 0.464. The zero-order valence-electron chi connectivity index (χ0n) is 19.7. The fourth-order valence-corrected chi connectivity index (χ4v) is 4.82. The number of carbonyl (C=O) groups is 1. The zero-order chi connectivity index (χ0) is 24.7. The number of methoxy groups -OCH3 is 2. The van der Waals surface area contributed by atoms with E-state index in [2.05, 4.69) is 4.98 Å². The van der Waals surface area contributed by atoms with Gasteiger partial charge in [0.05, 0.1) is 25.8 Å². The summed E-state index contributed by atoms with van der Waals surface area (Å²) >= 11 is 0. The van der Waals surface area contributed by atoms with Crippen molar-refractivity contribution >= 4 is 16.8 Å². The van der Waals surface area contributed by atoms with E-state index >= 15 is 0 Å². The van der Waals surface area contributed by atoms with Crippen LogP contribution in [0.4, 0.5) is 4.39 Å². The lowest BCUT2D eigenvalue weighted by Crippen LogP contribution is -2.42. The maximum Gasteiger partial charge on any atom is 0.257 e. The number of nitrogens with zero attached hydrogens (tertiary/aromatic N) is 1. The van der Waals surface area contributed by atoms with Gasteiger partial charge in [-0.25, -0.2) is 4.39 Å². The highest BCUT2D eigenvalue weighted by atomic mass is 19.1. The number of H-pyrrole nitrogens is 1. The van der Waals surface area contributed by atoms with Crippen molar-refractivity contribution in [1.82, 2.24) is 9.88 Å². The van der Waals surface area contributed by atoms with E-state index in [1.165, 1.54) is 19.2 Å². The van der Waals surface area contributed by atoms with E-state index in [9.17, 15) is 14.0 Å². The van der Waals surface area contributed by atoms with E-state index in [1.807, 2.05) is 37.3 Å². The van der Waals surface area contributed by atoms with Crippen LogP contribution in [0.2, 0.25) is 0 Å². The summed E-state index contributed by atoms with van der Waals surface area (Å²) < 4.78 is 25.6. The molecule has 1 N–H and O–H groups in total. The highest BCUT2D eigenvalue weighted by Gasteiger charge is 2.36. The monoisotopic (exact) mass is 472 g/mol. The first kappa shape index (κ1) is 22.7. The van der Waals surface area contributed by atoms with Gasteiger partial charge in [0.1, 0.15) is 5.82 Å². The van der Waals surface area contributed by atoms with Gasteiger partial charge in [0.15, 0.2) is 11.5 Å². The third-order valence-corrected chi connectivity index (χ3v) is 6.56. The number of hydrogen-bond donors (Lipinski definition) is 1. The standard InChI is InChI=1S/C28H25FN2O4/c1-16-8-9-18-13-21(27(32)30-23(18)12-16)26-20-15-25(35-3)24(34-2)14-17(20)10-11-31(26)28(33)19-6-4-5-7-22(19)29/h4-9,12-15,26H,10-11H2,1-3H3,(H,30,32)/t26-/m1/s1. The third kappa shape index (κ3) is 3.93. The molecule has 0 fully saturated rings. The number of rotatable bonds is 4. The molecule has 0 unspecified atom stereocenters. The van der Waals surface area contributed by atoms with Crippen molar-refractivity contribution < 1.29 is 18.7 Å². The van der Waals surface area contributed by atoms with E-state index in [1.54, 1.807) is 30.2 Å². The van der Waals surface area contributed by atoms with Crippen molar-refractivity contribution in [2.24, 2.45) is 0 Å². The summed E-state index contributed by atoms with van der Waals surface area (Å²) in [5.41, 5.74) is 3.49. The lowest BCUT2D eigenvalue weighted by Gasteiger charge is -2.38. The van der Waals surface area contributed by atoms with Crippen molar-refractivity contribution in [3.05, 3.63) is 105 Å². The summed E-state index contributed by atoms with van der Waals surface area (Å²) in [5, 5.41) is 0.844. The van der Waals surface area contributed by atoms with Gasteiger partial charge in [0.25, 0.3) is 11.5 Å². The topological polar surface area (TPSA) is 71.6 Å². The van der Waals surface area contributed by atoms with Crippen LogP contribution >= 0.6 is 0 Å². The van der Waals surface area contributed by atoms with E-state index < -0.39 is 17.8 Å². The number of benzene rings is 3. The van der Waals surface area contributed by atoms with E-state index in [4.69, 9.17) is 9.47 Å². The second-order valence-corrected chi connectivity index (χ2v) is 8.68. The lowest BCUT2D eigenvalue weighted by atomic mass is 9.87. The summed E-state index contributed by atoms with van der Waals surface area (Å²) in [5.74, 6) is -0.0137. The SMILES string of the molecule is COc1cc2c(cc1OC)[C@H](c1cc3ccc(C)cc3[nH]c1=O)N(C(=O)c1ccccc1F)CC2. The van der Waals surface area contributed by atoms with Crippen molar-refractivity contribution in [2.75, 3.05) is 20.8 Å². The largest absolute Gasteiger partial charge is 0.493 e. The Labute approximate surface area is 201 Å². The van der Waals surface area contributed by atoms with Gasteiger partial charge >= 0.3 is 0 Å². The van der Waals surface area contributed by atoms with Crippen LogP contribution in [-0.2, 0) is 6.42 Å². The van der Waals surface area contributed by atoms with Crippen molar-refractivity contribution in [2.45, 2.75) is 19.4 Å². The van der Waals surface area contributed by atoms with Gasteiger partial charge in [-0.2, -0.15) is 0 Å². The molecule has 0 radical (unpaired) electrons. The number of nitrogens with one attached hydrogen (secondary N) is 1. The molecule has 5 rings (SSSR count). The van der Waals surface area contributed by atoms with Crippen LogP contribution in [0.5, 0.6) is 11.5 Å². The molecule has 3 aromatic carbocycles. The summed E-state index contributed by atoms with van der Waals surface area (Å²) in [7, 11) is 3.10. The molecule has 1 atom stereocenters. The predicted octanol–water partition coefficient (Wildman–Crippen LogP) is 4.78. The number of halogens is 1. The summed E-state index contributed by atoms with van der Waals surface area (Å²) in [6.07, 6.45) is 0.525. The summed E-state index contributed by atoms with van der Waals surface area (Å²) in [6, 6.07) is 16.5. The number of aromatic nitrogens is 1. The predicted molar refractivity (Wildman–Crippen MR) is 132 cm³/mol. The Hall–Kier alpha value is -4.13. The van der Waals surface area contributed by atoms with Crippen LogP contribution in [-0.4, -0.2) is 36.6 Å². The highest BCUT2D eigenvalue weighted by molar-refractivity contribution is 5.95. The molecule has 1 amide bonds. The average molecular weight is 473 g/mol. The minimum absolute atomic E-state index is 0.0331. The van der Waals surface area contributed by atoms with Crippen LogP contribution in [0.25, 0.3) is 10.9 Å². The van der Waals surface area contributed by atoms with Crippen LogP contribution in [0.1, 0.15) is 38.7 Å². The normalized spacial score (nSPS) is 15.1. The minimum atomic E-state index is -0.736. The Kier molecular flexibility index (Phi) is 5.76. The molecule has 6 nitrogen and oxygen atoms in total. The Morgan fingerprint density at radius 2 is 1.74 bits per heavy atom. The van der Waals surface area contributed by atoms with E-state index in [0.717, 1.165) is 22.1 Å². The molecule has 7 heteroatoms. The van der Waals surface area contributed by atoms with Gasteiger partial charge in [0.2, 0.25) is 0 Å². The first-order chi connectivity index (χ1) is 16.9. The van der Waals surface area contributed by atoms with Crippen molar-refractivity contribution in [3.8, 4) is 11.5 Å². The van der Waals surface area contributed by atoms with E-state index in [0.29, 0.717) is 35.5 Å². The molecule has 0 bridgehead atoms. The number of ether oxygens (including phenoxy) is 2. The fraction of sp³-hybridized carbons (Fsp3) is 0.214. The van der Waals surface area contributed by atoms with Gasteiger partial charge in [-0.05, 0) is 71.8 Å². The molecule has 0 saturated carbocycles. The first-order valence-electron chi connectivity index (χ1n) is 11.3. The molecule has 0 spiro atoms. The van der Waals surface area contributed by atoms with Gasteiger partial charge in [-0.15, -0.1) is 0 Å². The Morgan fingerprint density at radius 1 is 1.00 bits per heavy atom. The molecule has 1 aromatic heterocycles. The van der Waals surface area contributed by atoms with Gasteiger partial charge in [-0.3, -0.25) is 9.59 Å². The minimum Gasteiger partial charge on any atom is -0.493 e. The molecular weight excluding hydrogens is 447 g/mol. The average Bonchev–Trinajstić information content (AvgIpc) is 2.86. The van der Waals surface area contributed by atoms with Crippen LogP contribution in [0.3, 0.4) is 0 Å². The zero-order valence-corrected chi connectivity index (χ0v) is 19.7. The molecule has 1 aliphatic heterocycles. The molecule has 178 valence electrons. The summed E-state index contributed by atoms with van der Waals surface area (Å²) in [4.78, 5) is 31.5. The number of aromatic amines is 1. The Bertz CT molecular complexity index is 1510. The highest BCUT2D eigenvalue weighted by Crippen LogP contribution is 2.41. The molecular formula is C28H25FN2O4. The van der Waals surface area contributed by atoms with E-state index in [-0.39, 0.29) is 11.1 Å². The van der Waals surface area contributed by atoms with Crippen molar-refractivity contribution in [1.29, 1.82) is 0 Å². The lowest BCUT2D eigenvalue weighted by molar-refractivity contribution is 0.0688. The van der Waals surface area contributed by atoms with Crippen LogP contribution in [0, 0.1) is 12.7 Å². The number of pyridine rings is 1. The third-order valence-electron chi connectivity index (χ3n) is 6.56. The van der Waals surface area contributed by atoms with Crippen LogP contribution < -0.4 is 15.0 Å². The molecule has 2 heterocycles. The molecule has 4 aromatic rings. The second kappa shape index (κ2) is 8.91. The summed E-state index contributed by atoms with van der Waals surface area (Å²) in [6.45, 7) is 2.27. The molecule has 1 aliphatic rings. The van der Waals surface area contributed by atoms with Gasteiger partial charge in [-0.1, -0.05) is 24.3 Å². The number of fused-ring (bicyclic) bond motifs is 2. The number of amides is 1. The number of carbonyl (C=O) groups excluding carboxylic acids is 1. The molecule has 35 heavy (non-hydrogen) atoms. The van der Waals surface area contributed by atoms with Crippen LogP contribution in [0.15, 0.2) is 65.5 Å². The Morgan fingerprint density at radius 3 is 2.49 bits per heavy atom. The van der Waals surface area contributed by atoms with Gasteiger partial charge in [0, 0.05) is 17.6 Å². The first-order valence-corrected chi connectivity index (χ1v) is 11.3. The maximum absolute atomic E-state index is 14.6. The van der Waals surface area contributed by atoms with Crippen molar-refractivity contribution in [3.63, 3.8) is 0 Å². The fourth-order valence-electron chi connectivity index (χ4n) is 4.82.